The Morgan fingerprint density at radius 2 is 1.57 bits per heavy atom. The number of carbonyl (C=O) groups is 2. The number of benzene rings is 1. The SMILES string of the molecule is CC(C)(C)OC(=O)N[C@@H](C(=O)Nc1ccc(Br)cc1)C(C)(C)C. The number of halogens is 1. The van der Waals surface area contributed by atoms with Crippen LogP contribution in [0.5, 0.6) is 0 Å². The number of alkyl carbamates (subject to hydrolysis) is 1. The lowest BCUT2D eigenvalue weighted by molar-refractivity contribution is -0.120. The minimum Gasteiger partial charge on any atom is -0.444 e. The maximum absolute atomic E-state index is 12.6. The molecular weight excluding hydrogens is 360 g/mol. The minimum atomic E-state index is -0.721. The summed E-state index contributed by atoms with van der Waals surface area (Å²) in [6, 6.07) is 6.53. The van der Waals surface area contributed by atoms with Gasteiger partial charge in [0.05, 0.1) is 0 Å². The van der Waals surface area contributed by atoms with Crippen molar-refractivity contribution in [2.75, 3.05) is 5.32 Å². The Morgan fingerprint density at radius 1 is 1.04 bits per heavy atom. The van der Waals surface area contributed by atoms with Gasteiger partial charge in [-0.1, -0.05) is 36.7 Å². The van der Waals surface area contributed by atoms with Gasteiger partial charge in [-0.05, 0) is 50.5 Å². The second-order valence-corrected chi connectivity index (χ2v) is 8.36. The van der Waals surface area contributed by atoms with Crippen LogP contribution in [0.3, 0.4) is 0 Å². The largest absolute Gasteiger partial charge is 0.444 e. The summed E-state index contributed by atoms with van der Waals surface area (Å²) in [5, 5.41) is 5.48. The van der Waals surface area contributed by atoms with Gasteiger partial charge in [-0.15, -0.1) is 0 Å². The summed E-state index contributed by atoms with van der Waals surface area (Å²) < 4.78 is 6.17. The van der Waals surface area contributed by atoms with Crippen molar-refractivity contribution in [3.8, 4) is 0 Å². The van der Waals surface area contributed by atoms with E-state index < -0.39 is 23.2 Å². The Labute approximate surface area is 146 Å². The molecular formula is C17H25BrN2O3. The van der Waals surface area contributed by atoms with Crippen LogP contribution in [0.1, 0.15) is 41.5 Å². The van der Waals surface area contributed by atoms with E-state index in [0.29, 0.717) is 5.69 Å². The van der Waals surface area contributed by atoms with Crippen LogP contribution in [0, 0.1) is 5.41 Å². The molecule has 0 unspecified atom stereocenters. The summed E-state index contributed by atoms with van der Waals surface area (Å²) in [4.78, 5) is 24.5. The summed E-state index contributed by atoms with van der Waals surface area (Å²) in [5.41, 5.74) is -0.413. The lowest BCUT2D eigenvalue weighted by Crippen LogP contribution is -2.52. The van der Waals surface area contributed by atoms with Gasteiger partial charge in [0.2, 0.25) is 5.91 Å². The molecule has 1 aromatic carbocycles. The molecule has 2 N–H and O–H groups in total. The Balaban J connectivity index is 2.83. The van der Waals surface area contributed by atoms with E-state index in [-0.39, 0.29) is 5.91 Å². The lowest BCUT2D eigenvalue weighted by atomic mass is 9.86. The highest BCUT2D eigenvalue weighted by atomic mass is 79.9. The molecule has 0 heterocycles. The fourth-order valence-corrected chi connectivity index (χ4v) is 2.11. The van der Waals surface area contributed by atoms with E-state index >= 15 is 0 Å². The van der Waals surface area contributed by atoms with Crippen molar-refractivity contribution in [1.29, 1.82) is 0 Å². The smallest absolute Gasteiger partial charge is 0.408 e. The minimum absolute atomic E-state index is 0.286. The van der Waals surface area contributed by atoms with E-state index in [4.69, 9.17) is 4.74 Å². The molecule has 23 heavy (non-hydrogen) atoms. The summed E-state index contributed by atoms with van der Waals surface area (Å²) in [7, 11) is 0. The molecule has 0 saturated carbocycles. The maximum atomic E-state index is 12.6. The van der Waals surface area contributed by atoms with Crippen molar-refractivity contribution in [3.63, 3.8) is 0 Å². The van der Waals surface area contributed by atoms with Gasteiger partial charge in [-0.2, -0.15) is 0 Å². The monoisotopic (exact) mass is 384 g/mol. The fraction of sp³-hybridized carbons (Fsp3) is 0.529. The predicted octanol–water partition coefficient (Wildman–Crippen LogP) is 4.33. The van der Waals surface area contributed by atoms with Gasteiger partial charge in [0.15, 0.2) is 0 Å². The summed E-state index contributed by atoms with van der Waals surface area (Å²) in [6.07, 6.45) is -0.608. The number of anilines is 1. The predicted molar refractivity (Wildman–Crippen MR) is 95.4 cm³/mol. The van der Waals surface area contributed by atoms with E-state index in [9.17, 15) is 9.59 Å². The molecule has 0 aliphatic heterocycles. The lowest BCUT2D eigenvalue weighted by Gasteiger charge is -2.31. The molecule has 2 amide bonds. The van der Waals surface area contributed by atoms with Crippen molar-refractivity contribution in [2.45, 2.75) is 53.2 Å². The van der Waals surface area contributed by atoms with Crippen LogP contribution >= 0.6 is 15.9 Å². The van der Waals surface area contributed by atoms with Crippen molar-refractivity contribution >= 4 is 33.6 Å². The quantitative estimate of drug-likeness (QED) is 0.814. The number of rotatable bonds is 3. The fourth-order valence-electron chi connectivity index (χ4n) is 1.85. The summed E-state index contributed by atoms with van der Waals surface area (Å²) in [6.45, 7) is 11.0. The standard InChI is InChI=1S/C17H25BrN2O3/c1-16(2,3)13(20-15(22)23-17(4,5)6)14(21)19-12-9-7-11(18)8-10-12/h7-10,13H,1-6H3,(H,19,21)(H,20,22)/t13-/m0/s1. The maximum Gasteiger partial charge on any atom is 0.408 e. The molecule has 1 atom stereocenters. The van der Waals surface area contributed by atoms with Crippen LogP contribution in [0.15, 0.2) is 28.7 Å². The van der Waals surface area contributed by atoms with Gasteiger partial charge in [0.25, 0.3) is 0 Å². The molecule has 0 fully saturated rings. The van der Waals surface area contributed by atoms with E-state index in [2.05, 4.69) is 26.6 Å². The molecule has 128 valence electrons. The Hall–Kier alpha value is -1.56. The van der Waals surface area contributed by atoms with Crippen molar-refractivity contribution < 1.29 is 14.3 Å². The number of amides is 2. The van der Waals surface area contributed by atoms with Crippen molar-refractivity contribution in [2.24, 2.45) is 5.41 Å². The molecule has 6 heteroatoms. The number of ether oxygens (including phenoxy) is 1. The van der Waals surface area contributed by atoms with E-state index in [0.717, 1.165) is 4.47 Å². The van der Waals surface area contributed by atoms with Crippen LogP contribution < -0.4 is 10.6 Å². The van der Waals surface area contributed by atoms with Crippen LogP contribution in [-0.4, -0.2) is 23.6 Å². The third kappa shape index (κ3) is 7.03. The van der Waals surface area contributed by atoms with Crippen molar-refractivity contribution in [1.82, 2.24) is 5.32 Å². The summed E-state index contributed by atoms with van der Waals surface area (Å²) in [5.74, 6) is -0.286. The highest BCUT2D eigenvalue weighted by molar-refractivity contribution is 9.10. The Morgan fingerprint density at radius 3 is 2.00 bits per heavy atom. The normalized spacial score (nSPS) is 13.2. The molecule has 1 aromatic rings. The molecule has 0 aliphatic carbocycles. The third-order valence-corrected chi connectivity index (χ3v) is 3.43. The van der Waals surface area contributed by atoms with Gasteiger partial charge < -0.3 is 15.4 Å². The molecule has 0 saturated heterocycles. The summed E-state index contributed by atoms with van der Waals surface area (Å²) >= 11 is 3.35. The van der Waals surface area contributed by atoms with E-state index in [1.807, 2.05) is 32.9 Å². The first-order chi connectivity index (χ1) is 10.4. The van der Waals surface area contributed by atoms with E-state index in [1.54, 1.807) is 32.9 Å². The number of hydrogen-bond acceptors (Lipinski definition) is 3. The number of carbonyl (C=O) groups excluding carboxylic acids is 2. The molecule has 0 bridgehead atoms. The van der Waals surface area contributed by atoms with Gasteiger partial charge in [-0.25, -0.2) is 4.79 Å². The molecule has 1 rings (SSSR count). The van der Waals surface area contributed by atoms with Gasteiger partial charge >= 0.3 is 6.09 Å². The highest BCUT2D eigenvalue weighted by Gasteiger charge is 2.34. The second-order valence-electron chi connectivity index (χ2n) is 7.44. The Kier molecular flexibility index (Phi) is 6.22. The van der Waals surface area contributed by atoms with Gasteiger partial charge in [0.1, 0.15) is 11.6 Å². The topological polar surface area (TPSA) is 67.4 Å². The zero-order chi connectivity index (χ0) is 17.8. The molecule has 0 spiro atoms. The second kappa shape index (κ2) is 7.34. The van der Waals surface area contributed by atoms with Crippen LogP contribution in [-0.2, 0) is 9.53 Å². The van der Waals surface area contributed by atoms with Crippen LogP contribution in [0.2, 0.25) is 0 Å². The molecule has 0 aliphatic rings. The zero-order valence-corrected chi connectivity index (χ0v) is 16.1. The van der Waals surface area contributed by atoms with Crippen LogP contribution in [0.4, 0.5) is 10.5 Å². The van der Waals surface area contributed by atoms with E-state index in [1.165, 1.54) is 0 Å². The van der Waals surface area contributed by atoms with Crippen molar-refractivity contribution in [3.05, 3.63) is 28.7 Å². The third-order valence-electron chi connectivity index (χ3n) is 2.90. The number of hydrogen-bond donors (Lipinski definition) is 2. The average Bonchev–Trinajstić information content (AvgIpc) is 2.35. The molecule has 5 nitrogen and oxygen atoms in total. The first kappa shape index (κ1) is 19.5. The first-order valence-electron chi connectivity index (χ1n) is 7.44. The Bertz CT molecular complexity index is 557. The highest BCUT2D eigenvalue weighted by Crippen LogP contribution is 2.22. The zero-order valence-electron chi connectivity index (χ0n) is 14.5. The van der Waals surface area contributed by atoms with Crippen LogP contribution in [0.25, 0.3) is 0 Å². The average molecular weight is 385 g/mol. The van der Waals surface area contributed by atoms with Gasteiger partial charge in [0, 0.05) is 10.2 Å². The molecule has 0 radical (unpaired) electrons. The number of nitrogens with one attached hydrogen (secondary N) is 2. The van der Waals surface area contributed by atoms with Gasteiger partial charge in [-0.3, -0.25) is 4.79 Å². The molecule has 0 aromatic heterocycles. The first-order valence-corrected chi connectivity index (χ1v) is 8.24.